The van der Waals surface area contributed by atoms with Crippen molar-refractivity contribution in [2.45, 2.75) is 44.1 Å². The third-order valence-corrected chi connectivity index (χ3v) is 4.10. The summed E-state index contributed by atoms with van der Waals surface area (Å²) in [6.45, 7) is 1.16. The molecular weight excluding hydrogens is 218 g/mol. The highest BCUT2D eigenvalue weighted by Gasteiger charge is 2.36. The van der Waals surface area contributed by atoms with Crippen LogP contribution in [0.3, 0.4) is 0 Å². The van der Waals surface area contributed by atoms with Crippen LogP contribution in [-0.2, 0) is 12.0 Å². The molecule has 1 aliphatic heterocycles. The third kappa shape index (κ3) is 1.87. The fraction of sp³-hybridized carbons (Fsp3) is 0.571. The number of fused-ring (bicyclic) bond motifs is 2. The first-order chi connectivity index (χ1) is 7.41. The van der Waals surface area contributed by atoms with Gasteiger partial charge in [0, 0.05) is 12.1 Å². The van der Waals surface area contributed by atoms with E-state index in [-0.39, 0.29) is 12.4 Å². The lowest BCUT2D eigenvalue weighted by Crippen LogP contribution is -2.48. The molecule has 16 heavy (non-hydrogen) atoms. The highest BCUT2D eigenvalue weighted by molar-refractivity contribution is 5.85. The van der Waals surface area contributed by atoms with Crippen LogP contribution in [0.25, 0.3) is 0 Å². The largest absolute Gasteiger partial charge is 0.307 e. The molecule has 1 aliphatic carbocycles. The molecule has 1 fully saturated rings. The molecular formula is C14H20ClN. The molecule has 0 aromatic heterocycles. The Bertz CT molecular complexity index is 356. The minimum Gasteiger partial charge on any atom is -0.307 e. The molecule has 0 atom stereocenters. The van der Waals surface area contributed by atoms with E-state index in [0.29, 0.717) is 5.54 Å². The lowest BCUT2D eigenvalue weighted by Gasteiger charge is -2.43. The maximum atomic E-state index is 3.79. The van der Waals surface area contributed by atoms with Crippen molar-refractivity contribution in [1.82, 2.24) is 5.32 Å². The van der Waals surface area contributed by atoms with E-state index < -0.39 is 0 Å². The van der Waals surface area contributed by atoms with Crippen molar-refractivity contribution in [3.8, 4) is 0 Å². The van der Waals surface area contributed by atoms with Gasteiger partial charge in [-0.3, -0.25) is 0 Å². The van der Waals surface area contributed by atoms with E-state index in [9.17, 15) is 0 Å². The SMILES string of the molecule is Cl.c1ccc2c(c1)CCNC21CCCCC1. The van der Waals surface area contributed by atoms with Crippen molar-refractivity contribution in [1.29, 1.82) is 0 Å². The molecule has 88 valence electrons. The second kappa shape index (κ2) is 4.77. The predicted octanol–water partition coefficient (Wildman–Crippen LogP) is 3.41. The van der Waals surface area contributed by atoms with E-state index in [1.165, 1.54) is 38.5 Å². The first-order valence-electron chi connectivity index (χ1n) is 6.24. The zero-order chi connectivity index (χ0) is 10.1. The van der Waals surface area contributed by atoms with Gasteiger partial charge in [0.15, 0.2) is 0 Å². The Morgan fingerprint density at radius 1 is 1.00 bits per heavy atom. The monoisotopic (exact) mass is 237 g/mol. The average Bonchev–Trinajstić information content (AvgIpc) is 2.31. The standard InChI is InChI=1S/C14H19N.ClH/c1-4-9-14(10-5-1)13-7-3-2-6-12(13)8-11-15-14;/h2-3,6-7,15H,1,4-5,8-11H2;1H. The quantitative estimate of drug-likeness (QED) is 0.729. The number of nitrogens with one attached hydrogen (secondary N) is 1. The molecule has 0 amide bonds. The molecule has 0 unspecified atom stereocenters. The van der Waals surface area contributed by atoms with Crippen molar-refractivity contribution in [3.05, 3.63) is 35.4 Å². The van der Waals surface area contributed by atoms with Crippen LogP contribution < -0.4 is 5.32 Å². The fourth-order valence-corrected chi connectivity index (χ4v) is 3.34. The van der Waals surface area contributed by atoms with Crippen LogP contribution in [0.15, 0.2) is 24.3 Å². The molecule has 3 rings (SSSR count). The minimum atomic E-state index is 0. The normalized spacial score (nSPS) is 22.2. The van der Waals surface area contributed by atoms with E-state index in [1.54, 1.807) is 11.1 Å². The summed E-state index contributed by atoms with van der Waals surface area (Å²) in [5.74, 6) is 0. The van der Waals surface area contributed by atoms with Crippen LogP contribution in [0.5, 0.6) is 0 Å². The Morgan fingerprint density at radius 2 is 1.75 bits per heavy atom. The van der Waals surface area contributed by atoms with Gasteiger partial charge in [-0.15, -0.1) is 12.4 Å². The van der Waals surface area contributed by atoms with E-state index in [0.717, 1.165) is 6.54 Å². The Balaban J connectivity index is 0.000000963. The first kappa shape index (κ1) is 11.9. The maximum absolute atomic E-state index is 3.79. The first-order valence-corrected chi connectivity index (χ1v) is 6.24. The van der Waals surface area contributed by atoms with E-state index in [2.05, 4.69) is 29.6 Å². The van der Waals surface area contributed by atoms with Gasteiger partial charge in [0.25, 0.3) is 0 Å². The highest BCUT2D eigenvalue weighted by Crippen LogP contribution is 2.40. The summed E-state index contributed by atoms with van der Waals surface area (Å²) >= 11 is 0. The second-order valence-electron chi connectivity index (χ2n) is 4.98. The molecule has 1 N–H and O–H groups in total. The van der Waals surface area contributed by atoms with Crippen molar-refractivity contribution >= 4 is 12.4 Å². The third-order valence-electron chi connectivity index (χ3n) is 4.10. The summed E-state index contributed by atoms with van der Waals surface area (Å²) in [5.41, 5.74) is 3.52. The summed E-state index contributed by atoms with van der Waals surface area (Å²) in [6, 6.07) is 9.03. The van der Waals surface area contributed by atoms with E-state index in [4.69, 9.17) is 0 Å². The smallest absolute Gasteiger partial charge is 0.0437 e. The van der Waals surface area contributed by atoms with E-state index in [1.807, 2.05) is 0 Å². The molecule has 0 bridgehead atoms. The molecule has 1 nitrogen and oxygen atoms in total. The number of hydrogen-bond donors (Lipinski definition) is 1. The van der Waals surface area contributed by atoms with Crippen molar-refractivity contribution < 1.29 is 0 Å². The summed E-state index contributed by atoms with van der Waals surface area (Å²) in [7, 11) is 0. The Kier molecular flexibility index (Phi) is 3.56. The Hall–Kier alpha value is -0.530. The maximum Gasteiger partial charge on any atom is 0.0437 e. The summed E-state index contributed by atoms with van der Waals surface area (Å²) < 4.78 is 0. The van der Waals surface area contributed by atoms with Crippen molar-refractivity contribution in [2.24, 2.45) is 0 Å². The van der Waals surface area contributed by atoms with Gasteiger partial charge in [-0.25, -0.2) is 0 Å². The summed E-state index contributed by atoms with van der Waals surface area (Å²) in [4.78, 5) is 0. The van der Waals surface area contributed by atoms with Crippen LogP contribution in [0.2, 0.25) is 0 Å². The molecule has 1 heterocycles. The predicted molar refractivity (Wildman–Crippen MR) is 70.2 cm³/mol. The molecule has 1 saturated carbocycles. The van der Waals surface area contributed by atoms with Gasteiger partial charge in [0.1, 0.15) is 0 Å². The van der Waals surface area contributed by atoms with Crippen LogP contribution >= 0.6 is 12.4 Å². The highest BCUT2D eigenvalue weighted by atomic mass is 35.5. The van der Waals surface area contributed by atoms with Gasteiger partial charge in [-0.05, 0) is 30.4 Å². The molecule has 1 aromatic carbocycles. The van der Waals surface area contributed by atoms with Gasteiger partial charge in [-0.2, -0.15) is 0 Å². The van der Waals surface area contributed by atoms with Gasteiger partial charge < -0.3 is 5.32 Å². The van der Waals surface area contributed by atoms with Gasteiger partial charge in [0.05, 0.1) is 0 Å². The Labute approximate surface area is 104 Å². The van der Waals surface area contributed by atoms with Crippen LogP contribution in [-0.4, -0.2) is 6.54 Å². The van der Waals surface area contributed by atoms with Gasteiger partial charge in [-0.1, -0.05) is 43.5 Å². The number of hydrogen-bond acceptors (Lipinski definition) is 1. The lowest BCUT2D eigenvalue weighted by molar-refractivity contribution is 0.223. The number of benzene rings is 1. The summed E-state index contributed by atoms with van der Waals surface area (Å²) in [6.07, 6.45) is 8.08. The van der Waals surface area contributed by atoms with Crippen LogP contribution in [0, 0.1) is 0 Å². The van der Waals surface area contributed by atoms with Crippen LogP contribution in [0.4, 0.5) is 0 Å². The summed E-state index contributed by atoms with van der Waals surface area (Å²) in [5, 5.41) is 3.79. The molecule has 0 saturated heterocycles. The fourth-order valence-electron chi connectivity index (χ4n) is 3.34. The second-order valence-corrected chi connectivity index (χ2v) is 4.98. The van der Waals surface area contributed by atoms with E-state index >= 15 is 0 Å². The topological polar surface area (TPSA) is 12.0 Å². The number of rotatable bonds is 0. The molecule has 1 spiro atoms. The molecule has 2 heteroatoms. The van der Waals surface area contributed by atoms with Crippen molar-refractivity contribution in [3.63, 3.8) is 0 Å². The molecule has 0 radical (unpaired) electrons. The Morgan fingerprint density at radius 3 is 2.56 bits per heavy atom. The molecule has 1 aromatic rings. The van der Waals surface area contributed by atoms with Crippen LogP contribution in [0.1, 0.15) is 43.2 Å². The number of halogens is 1. The minimum absolute atomic E-state index is 0. The molecule has 2 aliphatic rings. The van der Waals surface area contributed by atoms with Gasteiger partial charge >= 0.3 is 0 Å². The zero-order valence-electron chi connectivity index (χ0n) is 9.67. The lowest BCUT2D eigenvalue weighted by atomic mass is 9.73. The van der Waals surface area contributed by atoms with Crippen molar-refractivity contribution in [2.75, 3.05) is 6.54 Å². The zero-order valence-corrected chi connectivity index (χ0v) is 10.5. The average molecular weight is 238 g/mol. The van der Waals surface area contributed by atoms with Gasteiger partial charge in [0.2, 0.25) is 0 Å².